The van der Waals surface area contributed by atoms with Crippen LogP contribution in [0.4, 0.5) is 16.4 Å². The summed E-state index contributed by atoms with van der Waals surface area (Å²) in [5, 5.41) is 40.1. The average molecular weight is 1780 g/mol. The zero-order valence-corrected chi connectivity index (χ0v) is 72.8. The molecule has 3 fully saturated rings. The molecule has 7 aliphatic rings. The second kappa shape index (κ2) is 36.9. The standard InChI is InChI=1S/C62H90N13O14P.C17H19N5O6S.CN.Co/c1-29-20-39-40(21-30(29)2)75(28-70-39)57-52(84)53(41(27-76)87-57)89-90(85,86)88-31(3)26-69-49(83)18-19-59(8)37(22-46(66)80)56-62(11)61(10,25-48(68)82)36(14-17-45(65)79)51(74-62)33(5)55-60(9,24-47(67)81)34(12-15-43(63)77)38(71-55)23-42-58(6,7)35(13-16-44(64)78)50(72-42)32(4)54(59)73-56;1-27-13-9-14(28-2)19-16(18-13)20-17(24)22-29(25,26)21-12-6-4-3-5-11(12)15(23)10-7-8-10;1-2;/h20-21,23,28,31,34-37,41,52-53,56-57,76,84H,12-19,22,24-27H2,1-11H3,(H15,63,64,65,66,67,68,69,71,72,73,74,77,78,79,80,81,82,83,85,86);3-6,9-10,21H,7-8H2,1-2H3,(H2,18,19,20,22,24);;/q;;;+2/p-2/t31?,34-,35-,36-,37+,41-,52-,53-,56-,57+,59-,60+,61+,62+;;;/m1.../s1. The monoisotopic (exact) mass is 1780 g/mol. The Balaban J connectivity index is 0.000000450. The molecule has 2 unspecified atom stereocenters. The second-order valence-electron chi connectivity index (χ2n) is 33.4. The van der Waals surface area contributed by atoms with Gasteiger partial charge in [-0.15, -0.1) is 0 Å². The summed E-state index contributed by atoms with van der Waals surface area (Å²) >= 11 is 0.0230. The van der Waals surface area contributed by atoms with Crippen molar-refractivity contribution in [3.05, 3.63) is 99.8 Å². The number of fused-ring (bicyclic) bond motifs is 7. The molecule has 122 heavy (non-hydrogen) atoms. The maximum absolute atomic E-state index is 14.5. The summed E-state index contributed by atoms with van der Waals surface area (Å²) in [7, 11) is -6.95. The molecule has 6 aliphatic heterocycles. The van der Waals surface area contributed by atoms with E-state index in [1.165, 1.54) is 50.2 Å². The Labute approximate surface area is 711 Å². The quantitative estimate of drug-likeness (QED) is 0.0226. The minimum Gasteiger partial charge on any atom is -0.481 e. The Kier molecular flexibility index (Phi) is 28.4. The average Bonchev–Trinajstić information content (AvgIpc) is 1.51. The summed E-state index contributed by atoms with van der Waals surface area (Å²) in [6, 6.07) is 9.04. The Morgan fingerprint density at radius 1 is 0.787 bits per heavy atom. The SMILES string of the molecule is C/C1=C2N=C(/C=C3N=C(/C(C)=C4/[C@@H](CCC(N)=O)[C@](C)(CC(N)=O)[C@](C)([C@@H]5N=C1[C@](C)(CCC(=O)NCC(C)OP(=O)([O-])O[C@H]1[C@@H](O)[C@@H](n6cnc7cc(C)c(C)cc76)O[C@@H]1CO)[C@H]5CC(N)=O)[N]4[Co+][C]#N)[C@@](C)(CC(N)=O)[C@@H]\3CCC(N)=O)C(C)(C)[C@@H]/2CCC(N)=O.COc1cc(OC)nc(NC(=O)NS(=O)(=O)Nc2ccccc2C(=O)C2CC2)n1. The molecular weight excluding hydrogens is 1670 g/mol. The van der Waals surface area contributed by atoms with Gasteiger partial charge in [0.05, 0.1) is 49.9 Å². The number of para-hydroxylation sites is 1. The summed E-state index contributed by atoms with van der Waals surface area (Å²) in [5.74, 6) is -8.10. The number of aromatic nitrogens is 4. The number of aliphatic imine (C=N–C) groups is 3. The molecule has 1 saturated carbocycles. The second-order valence-corrected chi connectivity index (χ2v) is 37.1. The van der Waals surface area contributed by atoms with Crippen molar-refractivity contribution < 1.29 is 109 Å². The van der Waals surface area contributed by atoms with Gasteiger partial charge in [0.15, 0.2) is 12.0 Å². The van der Waals surface area contributed by atoms with Gasteiger partial charge in [-0.2, -0.15) is 18.4 Å². The number of carbonyl (C=O) groups is 9. The summed E-state index contributed by atoms with van der Waals surface area (Å²) in [5.41, 5.74) is 36.7. The van der Waals surface area contributed by atoms with Crippen LogP contribution >= 0.6 is 7.82 Å². The number of primary amides is 6. The number of ketones is 1. The van der Waals surface area contributed by atoms with Gasteiger partial charge in [0.25, 0.3) is 7.82 Å². The number of aliphatic hydroxyl groups is 2. The Hall–Kier alpha value is -10.4. The Bertz CT molecular complexity index is 5250. The van der Waals surface area contributed by atoms with E-state index >= 15 is 0 Å². The first-order chi connectivity index (χ1) is 57.1. The number of aliphatic hydroxyl groups excluding tert-OH is 2. The normalized spacial score (nSPS) is 28.7. The maximum atomic E-state index is 14.5. The van der Waals surface area contributed by atoms with Gasteiger partial charge >= 0.3 is 433 Å². The number of amides is 9. The molecule has 4 aromatic rings. The van der Waals surface area contributed by atoms with Gasteiger partial charge in [-0.25, -0.2) is 14.5 Å². The third kappa shape index (κ3) is 19.6. The van der Waals surface area contributed by atoms with Gasteiger partial charge in [-0.3, -0.25) is 19.4 Å². The van der Waals surface area contributed by atoms with Crippen LogP contribution in [-0.4, -0.2) is 176 Å². The number of phosphoric ester groups is 1. The first-order valence-corrected chi connectivity index (χ1v) is 43.5. The number of urea groups is 1. The molecule has 11 rings (SSSR count). The van der Waals surface area contributed by atoms with Gasteiger partial charge in [0.2, 0.25) is 17.7 Å². The first kappa shape index (κ1) is 93.8. The number of benzene rings is 2. The van der Waals surface area contributed by atoms with Crippen LogP contribution in [0.3, 0.4) is 0 Å². The number of nitrogens with one attached hydrogen (secondary N) is 4. The number of imidazole rings is 1. The van der Waals surface area contributed by atoms with E-state index in [1.807, 2.05) is 53.7 Å². The fraction of sp³-hybridized carbons (Fsp3) is 0.550. The number of hydrogen-bond acceptors (Lipinski definition) is 28. The van der Waals surface area contributed by atoms with E-state index in [4.69, 9.17) is 72.6 Å². The van der Waals surface area contributed by atoms with Crippen molar-refractivity contribution in [1.29, 1.82) is 5.26 Å². The Morgan fingerprint density at radius 2 is 1.39 bits per heavy atom. The van der Waals surface area contributed by atoms with Crippen molar-refractivity contribution in [2.24, 2.45) is 101 Å². The summed E-state index contributed by atoms with van der Waals surface area (Å²) in [6.45, 7) is 18.8. The summed E-state index contributed by atoms with van der Waals surface area (Å²) in [6.07, 6.45) is -3.82. The third-order valence-corrected chi connectivity index (χ3v) is 27.9. The van der Waals surface area contributed by atoms with Crippen LogP contribution in [0.2, 0.25) is 0 Å². The number of nitrogens with two attached hydrogens (primary N) is 6. The van der Waals surface area contributed by atoms with E-state index in [2.05, 4.69) is 35.3 Å². The molecule has 18 N–H and O–H groups in total. The number of carbonyl (C=O) groups excluding carboxylic acids is 9. The molecule has 662 valence electrons. The predicted molar refractivity (Wildman–Crippen MR) is 439 cm³/mol. The number of Topliss-reactive ketones (excluding diaryl/α,β-unsaturated/α-hetero) is 1. The Morgan fingerprint density at radius 3 is 1.98 bits per heavy atom. The number of aryl methyl sites for hydroxylation is 2. The van der Waals surface area contributed by atoms with Crippen molar-refractivity contribution in [3.63, 3.8) is 0 Å². The summed E-state index contributed by atoms with van der Waals surface area (Å²) < 4.78 is 72.3. The van der Waals surface area contributed by atoms with E-state index in [-0.39, 0.29) is 133 Å². The molecule has 2 saturated heterocycles. The number of nitrogens with zero attached hydrogens (tertiary/aromatic N) is 9. The zero-order valence-electron chi connectivity index (χ0n) is 70.1. The molecule has 15 atom stereocenters. The van der Waals surface area contributed by atoms with E-state index < -0.39 is 160 Å². The number of ether oxygens (including phenoxy) is 3. The molecule has 2 aromatic heterocycles. The van der Waals surface area contributed by atoms with Crippen molar-refractivity contribution in [2.75, 3.05) is 37.4 Å². The molecule has 0 radical (unpaired) electrons. The fourth-order valence-corrected chi connectivity index (χ4v) is 21.3. The number of allylic oxidation sites excluding steroid dienone is 6. The zero-order chi connectivity index (χ0) is 90.0. The molecule has 0 spiro atoms. The number of rotatable bonds is 35. The third-order valence-electron chi connectivity index (χ3n) is 24.8. The van der Waals surface area contributed by atoms with Crippen LogP contribution in [0, 0.1) is 75.4 Å². The smallest absolute Gasteiger partial charge is 0.481 e. The molecule has 2 aromatic carbocycles. The van der Waals surface area contributed by atoms with Crippen molar-refractivity contribution >= 4 is 111 Å². The minimum atomic E-state index is -5.35. The molecule has 8 bridgehead atoms. The van der Waals surface area contributed by atoms with E-state index in [1.54, 1.807) is 54.6 Å². The van der Waals surface area contributed by atoms with Crippen LogP contribution in [0.25, 0.3) is 11.0 Å². The topological polar surface area (TPSA) is 626 Å². The first-order valence-electron chi connectivity index (χ1n) is 39.6. The number of nitriles is 1. The van der Waals surface area contributed by atoms with Crippen LogP contribution in [0.1, 0.15) is 173 Å². The van der Waals surface area contributed by atoms with Gasteiger partial charge < -0.3 is 38.4 Å². The van der Waals surface area contributed by atoms with Crippen molar-refractivity contribution in [2.45, 2.75) is 202 Å². The van der Waals surface area contributed by atoms with Gasteiger partial charge in [-0.1, -0.05) is 12.1 Å². The van der Waals surface area contributed by atoms with Crippen molar-refractivity contribution in [3.8, 4) is 16.8 Å². The van der Waals surface area contributed by atoms with Crippen molar-refractivity contribution in [1.82, 2.24) is 33.5 Å². The number of anilines is 2. The molecule has 9 amide bonds. The van der Waals surface area contributed by atoms with E-state index in [0.717, 1.165) is 24.0 Å². The predicted octanol–water partition coefficient (Wildman–Crippen LogP) is 4.29. The van der Waals surface area contributed by atoms with Crippen LogP contribution < -0.4 is 68.8 Å². The van der Waals surface area contributed by atoms with Gasteiger partial charge in [-0.05, 0) is 62.1 Å². The molecule has 8 heterocycles. The van der Waals surface area contributed by atoms with Gasteiger partial charge in [0, 0.05) is 11.5 Å². The fourth-order valence-electron chi connectivity index (χ4n) is 18.2. The minimum absolute atomic E-state index is 0.0111. The van der Waals surface area contributed by atoms with E-state index in [0.29, 0.717) is 56.4 Å². The van der Waals surface area contributed by atoms with Crippen LogP contribution in [-0.2, 0) is 77.0 Å². The van der Waals surface area contributed by atoms with Gasteiger partial charge in [0.1, 0.15) is 18.3 Å². The van der Waals surface area contributed by atoms with Crippen LogP contribution in [0.5, 0.6) is 11.8 Å². The molecule has 42 heteroatoms. The molecule has 1 aliphatic carbocycles. The number of phosphoric acid groups is 1. The molecular formula is C80H107CoN19O20PS. The summed E-state index contributed by atoms with van der Waals surface area (Å²) in [4.78, 5) is 161. The molecule has 39 nitrogen and oxygen atoms in total. The van der Waals surface area contributed by atoms with Crippen LogP contribution in [0.15, 0.2) is 98.1 Å². The number of methoxy groups -OCH3 is 2. The number of hydrogen-bond donors (Lipinski definition) is 12. The van der Waals surface area contributed by atoms with E-state index in [9.17, 15) is 76.5 Å².